The van der Waals surface area contributed by atoms with Gasteiger partial charge >= 0.3 is 0 Å². The van der Waals surface area contributed by atoms with Crippen LogP contribution in [0.4, 0.5) is 0 Å². The molecule has 0 bridgehead atoms. The Morgan fingerprint density at radius 3 is 3.11 bits per heavy atom. The van der Waals surface area contributed by atoms with Crippen molar-refractivity contribution in [2.24, 2.45) is 5.73 Å². The maximum absolute atomic E-state index is 9.20. The van der Waals surface area contributed by atoms with Crippen LogP contribution in [0.15, 0.2) is 24.5 Å². The highest BCUT2D eigenvalue weighted by atomic mass is 16.5. The molecule has 1 saturated heterocycles. The minimum atomic E-state index is -0.114. The van der Waals surface area contributed by atoms with Gasteiger partial charge in [-0.1, -0.05) is 6.07 Å². The van der Waals surface area contributed by atoms with Gasteiger partial charge in [0, 0.05) is 31.5 Å². The number of pyridine rings is 1. The van der Waals surface area contributed by atoms with Gasteiger partial charge in [0.2, 0.25) is 0 Å². The summed E-state index contributed by atoms with van der Waals surface area (Å²) in [6, 6.07) is 4.10. The molecular weight excluding hydrogens is 230 g/mol. The molecule has 1 aromatic rings. The van der Waals surface area contributed by atoms with Gasteiger partial charge in [-0.05, 0) is 18.6 Å². The van der Waals surface area contributed by atoms with Crippen molar-refractivity contribution >= 4 is 0 Å². The predicted octanol–water partition coefficient (Wildman–Crippen LogP) is 0.163. The van der Waals surface area contributed by atoms with E-state index in [1.54, 1.807) is 6.20 Å². The maximum Gasteiger partial charge on any atom is 0.0933 e. The predicted molar refractivity (Wildman–Crippen MR) is 69.0 cm³/mol. The lowest BCUT2D eigenvalue weighted by Crippen LogP contribution is -2.49. The number of nitrogens with zero attached hydrogens (tertiary/aromatic N) is 2. The average Bonchev–Trinajstić information content (AvgIpc) is 2.40. The number of morpholine rings is 1. The third-order valence-corrected chi connectivity index (χ3v) is 3.29. The third-order valence-electron chi connectivity index (χ3n) is 3.29. The van der Waals surface area contributed by atoms with Crippen molar-refractivity contribution in [3.8, 4) is 0 Å². The van der Waals surface area contributed by atoms with E-state index in [2.05, 4.69) is 9.88 Å². The summed E-state index contributed by atoms with van der Waals surface area (Å²) in [6.07, 6.45) is 3.51. The van der Waals surface area contributed by atoms with E-state index >= 15 is 0 Å². The molecule has 1 aromatic heterocycles. The first-order valence-electron chi connectivity index (χ1n) is 6.34. The highest BCUT2D eigenvalue weighted by molar-refractivity contribution is 5.16. The van der Waals surface area contributed by atoms with Crippen LogP contribution in [0.25, 0.3) is 0 Å². The van der Waals surface area contributed by atoms with Gasteiger partial charge in [0.1, 0.15) is 0 Å². The van der Waals surface area contributed by atoms with Gasteiger partial charge < -0.3 is 15.6 Å². The molecule has 2 rings (SSSR count). The lowest BCUT2D eigenvalue weighted by atomic mass is 10.00. The number of aliphatic hydroxyl groups excluding tert-OH is 1. The Labute approximate surface area is 108 Å². The summed E-state index contributed by atoms with van der Waals surface area (Å²) in [5.74, 6) is 0. The minimum Gasteiger partial charge on any atom is -0.394 e. The fourth-order valence-electron chi connectivity index (χ4n) is 2.50. The van der Waals surface area contributed by atoms with Crippen LogP contribution in [0.2, 0.25) is 0 Å². The Bertz CT molecular complexity index is 359. The summed E-state index contributed by atoms with van der Waals surface area (Å²) < 4.78 is 5.48. The standard InChI is InChI=1S/C13H21N3O2/c1-10(14)13(11-3-2-4-15-7-11)16-5-6-18-12(8-16)9-17/h2-4,7,10,12-13,17H,5-6,8-9,14H2,1H3. The number of aliphatic hydroxyl groups is 1. The molecule has 3 unspecified atom stereocenters. The average molecular weight is 251 g/mol. The van der Waals surface area contributed by atoms with Gasteiger partial charge in [-0.25, -0.2) is 0 Å². The molecule has 0 aromatic carbocycles. The number of hydrogen-bond acceptors (Lipinski definition) is 5. The van der Waals surface area contributed by atoms with E-state index in [0.29, 0.717) is 13.2 Å². The van der Waals surface area contributed by atoms with Gasteiger partial charge in [-0.3, -0.25) is 9.88 Å². The van der Waals surface area contributed by atoms with Gasteiger partial charge in [0.15, 0.2) is 0 Å². The number of ether oxygens (including phenoxy) is 1. The van der Waals surface area contributed by atoms with Crippen LogP contribution < -0.4 is 5.73 Å². The van der Waals surface area contributed by atoms with Gasteiger partial charge in [-0.15, -0.1) is 0 Å². The molecule has 0 saturated carbocycles. The van der Waals surface area contributed by atoms with E-state index in [1.807, 2.05) is 25.3 Å². The van der Waals surface area contributed by atoms with Crippen molar-refractivity contribution in [2.75, 3.05) is 26.3 Å². The largest absolute Gasteiger partial charge is 0.394 e. The topological polar surface area (TPSA) is 71.6 Å². The molecule has 1 aliphatic rings. The van der Waals surface area contributed by atoms with E-state index in [9.17, 15) is 5.11 Å². The van der Waals surface area contributed by atoms with E-state index in [4.69, 9.17) is 10.5 Å². The van der Waals surface area contributed by atoms with Crippen LogP contribution in [0.5, 0.6) is 0 Å². The molecule has 5 heteroatoms. The van der Waals surface area contributed by atoms with Gasteiger partial charge in [0.05, 0.1) is 25.4 Å². The zero-order chi connectivity index (χ0) is 13.0. The summed E-state index contributed by atoms with van der Waals surface area (Å²) in [5.41, 5.74) is 7.23. The molecule has 1 aliphatic heterocycles. The summed E-state index contributed by atoms with van der Waals surface area (Å²) in [4.78, 5) is 6.43. The monoisotopic (exact) mass is 251 g/mol. The SMILES string of the molecule is CC(N)C(c1cccnc1)N1CCOC(CO)C1. The maximum atomic E-state index is 9.20. The second kappa shape index (κ2) is 6.24. The third kappa shape index (κ3) is 3.05. The molecule has 2 heterocycles. The van der Waals surface area contributed by atoms with Crippen molar-refractivity contribution in [2.45, 2.75) is 25.1 Å². The first-order chi connectivity index (χ1) is 8.72. The van der Waals surface area contributed by atoms with Crippen LogP contribution in [-0.4, -0.2) is 53.4 Å². The summed E-state index contributed by atoms with van der Waals surface area (Å²) >= 11 is 0. The number of nitrogens with two attached hydrogens (primary N) is 1. The normalized spacial score (nSPS) is 24.7. The Kier molecular flexibility index (Phi) is 4.66. The fraction of sp³-hybridized carbons (Fsp3) is 0.615. The van der Waals surface area contributed by atoms with Gasteiger partial charge in [-0.2, -0.15) is 0 Å². The summed E-state index contributed by atoms with van der Waals surface area (Å²) in [7, 11) is 0. The first kappa shape index (κ1) is 13.4. The lowest BCUT2D eigenvalue weighted by Gasteiger charge is -2.39. The van der Waals surface area contributed by atoms with E-state index in [1.165, 1.54) is 0 Å². The van der Waals surface area contributed by atoms with E-state index in [-0.39, 0.29) is 24.8 Å². The Balaban J connectivity index is 2.15. The minimum absolute atomic E-state index is 0.00615. The molecule has 100 valence electrons. The molecular formula is C13H21N3O2. The Morgan fingerprint density at radius 2 is 2.50 bits per heavy atom. The van der Waals surface area contributed by atoms with Crippen molar-refractivity contribution in [1.29, 1.82) is 0 Å². The molecule has 0 radical (unpaired) electrons. The van der Waals surface area contributed by atoms with Crippen LogP contribution in [0.3, 0.4) is 0 Å². The molecule has 5 nitrogen and oxygen atoms in total. The van der Waals surface area contributed by atoms with Crippen LogP contribution in [0.1, 0.15) is 18.5 Å². The van der Waals surface area contributed by atoms with Crippen molar-refractivity contribution in [3.05, 3.63) is 30.1 Å². The second-order valence-electron chi connectivity index (χ2n) is 4.76. The zero-order valence-electron chi connectivity index (χ0n) is 10.7. The highest BCUT2D eigenvalue weighted by Crippen LogP contribution is 2.24. The molecule has 0 spiro atoms. The van der Waals surface area contributed by atoms with Gasteiger partial charge in [0.25, 0.3) is 0 Å². The summed E-state index contributed by atoms with van der Waals surface area (Å²) in [6.45, 7) is 4.22. The smallest absolute Gasteiger partial charge is 0.0933 e. The van der Waals surface area contributed by atoms with Crippen molar-refractivity contribution in [1.82, 2.24) is 9.88 Å². The Hall–Kier alpha value is -1.01. The molecule has 3 N–H and O–H groups in total. The molecule has 0 amide bonds. The van der Waals surface area contributed by atoms with E-state index < -0.39 is 0 Å². The van der Waals surface area contributed by atoms with Crippen LogP contribution >= 0.6 is 0 Å². The number of hydrogen-bond donors (Lipinski definition) is 2. The molecule has 18 heavy (non-hydrogen) atoms. The zero-order valence-corrected chi connectivity index (χ0v) is 10.7. The number of aromatic nitrogens is 1. The number of rotatable bonds is 4. The molecule has 0 aliphatic carbocycles. The fourth-order valence-corrected chi connectivity index (χ4v) is 2.50. The van der Waals surface area contributed by atoms with Crippen LogP contribution in [0, 0.1) is 0 Å². The molecule has 1 fully saturated rings. The van der Waals surface area contributed by atoms with E-state index in [0.717, 1.165) is 12.1 Å². The summed E-state index contributed by atoms with van der Waals surface area (Å²) in [5, 5.41) is 9.20. The second-order valence-corrected chi connectivity index (χ2v) is 4.76. The van der Waals surface area contributed by atoms with Crippen LogP contribution in [-0.2, 0) is 4.74 Å². The quantitative estimate of drug-likeness (QED) is 0.798. The first-order valence-corrected chi connectivity index (χ1v) is 6.34. The highest BCUT2D eigenvalue weighted by Gasteiger charge is 2.29. The molecule has 3 atom stereocenters. The Morgan fingerprint density at radius 1 is 1.67 bits per heavy atom. The van der Waals surface area contributed by atoms with Crippen molar-refractivity contribution in [3.63, 3.8) is 0 Å². The van der Waals surface area contributed by atoms with Crippen molar-refractivity contribution < 1.29 is 9.84 Å². The lowest BCUT2D eigenvalue weighted by molar-refractivity contribution is -0.0675.